The van der Waals surface area contributed by atoms with Crippen LogP contribution in [0.1, 0.15) is 26.2 Å². The van der Waals surface area contributed by atoms with Crippen LogP contribution in [-0.4, -0.2) is 31.2 Å². The molecule has 0 aliphatic rings. The fourth-order valence-corrected chi connectivity index (χ4v) is 2.17. The number of aryl methyl sites for hydroxylation is 1. The fourth-order valence-electron chi connectivity index (χ4n) is 2.17. The third kappa shape index (κ3) is 4.48. The molecule has 0 spiro atoms. The second-order valence-electron chi connectivity index (χ2n) is 5.41. The second-order valence-corrected chi connectivity index (χ2v) is 5.41. The van der Waals surface area contributed by atoms with Gasteiger partial charge in [0.1, 0.15) is 11.5 Å². The van der Waals surface area contributed by atoms with Gasteiger partial charge in [-0.15, -0.1) is 0 Å². The highest BCUT2D eigenvalue weighted by atomic mass is 16.5. The van der Waals surface area contributed by atoms with E-state index >= 15 is 0 Å². The summed E-state index contributed by atoms with van der Waals surface area (Å²) in [5.41, 5.74) is 0.790. The van der Waals surface area contributed by atoms with Gasteiger partial charge in [-0.1, -0.05) is 0 Å². The average molecular weight is 318 g/mol. The second kappa shape index (κ2) is 7.67. The minimum absolute atomic E-state index is 0.0122. The summed E-state index contributed by atoms with van der Waals surface area (Å²) in [6.07, 6.45) is 2.44. The molecule has 1 heterocycles. The molecule has 0 saturated heterocycles. The summed E-state index contributed by atoms with van der Waals surface area (Å²) >= 11 is 0. The van der Waals surface area contributed by atoms with Crippen molar-refractivity contribution in [3.63, 3.8) is 0 Å². The van der Waals surface area contributed by atoms with E-state index < -0.39 is 0 Å². The van der Waals surface area contributed by atoms with E-state index in [9.17, 15) is 4.79 Å². The molecule has 23 heavy (non-hydrogen) atoms. The number of hydrogen-bond donors (Lipinski definition) is 1. The smallest absolute Gasteiger partial charge is 0.220 e. The first kappa shape index (κ1) is 16.9. The number of hydrogen-bond acceptors (Lipinski definition) is 5. The van der Waals surface area contributed by atoms with Crippen molar-refractivity contribution in [3.8, 4) is 22.8 Å². The molecule has 0 aliphatic carbocycles. The summed E-state index contributed by atoms with van der Waals surface area (Å²) in [4.78, 5) is 15.9. The first-order valence-electron chi connectivity index (χ1n) is 7.50. The molecule has 1 aromatic carbocycles. The molecule has 0 aliphatic heterocycles. The van der Waals surface area contributed by atoms with Crippen LogP contribution in [0, 0.1) is 0 Å². The van der Waals surface area contributed by atoms with Crippen LogP contribution < -0.4 is 14.8 Å². The Morgan fingerprint density at radius 3 is 2.74 bits per heavy atom. The third-order valence-corrected chi connectivity index (χ3v) is 3.24. The quantitative estimate of drug-likeness (QED) is 0.850. The van der Waals surface area contributed by atoms with Gasteiger partial charge in [-0.05, 0) is 26.0 Å². The average Bonchev–Trinajstić information content (AvgIpc) is 3.00. The Labute approximate surface area is 135 Å². The van der Waals surface area contributed by atoms with Gasteiger partial charge in [-0.25, -0.2) is 4.98 Å². The van der Waals surface area contributed by atoms with Gasteiger partial charge in [0.05, 0.1) is 26.0 Å². The fraction of sp³-hybridized carbons (Fsp3) is 0.412. The van der Waals surface area contributed by atoms with Crippen LogP contribution in [0.3, 0.4) is 0 Å². The number of benzene rings is 1. The number of carbonyl (C=O) groups excluding carboxylic acids is 1. The molecule has 0 atom stereocenters. The van der Waals surface area contributed by atoms with Crippen molar-refractivity contribution < 1.29 is 18.7 Å². The molecule has 1 aromatic heterocycles. The monoisotopic (exact) mass is 318 g/mol. The summed E-state index contributed by atoms with van der Waals surface area (Å²) in [6.45, 7) is 3.86. The number of oxazole rings is 1. The van der Waals surface area contributed by atoms with Crippen LogP contribution in [0.15, 0.2) is 28.8 Å². The maximum Gasteiger partial charge on any atom is 0.220 e. The van der Waals surface area contributed by atoms with Crippen molar-refractivity contribution in [2.45, 2.75) is 32.7 Å². The molecule has 0 fully saturated rings. The zero-order chi connectivity index (χ0) is 16.8. The predicted octanol–water partition coefficient (Wildman–Crippen LogP) is 2.82. The van der Waals surface area contributed by atoms with Gasteiger partial charge in [0.2, 0.25) is 5.91 Å². The van der Waals surface area contributed by atoms with Crippen LogP contribution in [0.5, 0.6) is 11.5 Å². The molecule has 0 unspecified atom stereocenters. The summed E-state index contributed by atoms with van der Waals surface area (Å²) in [5, 5.41) is 2.84. The van der Waals surface area contributed by atoms with Crippen molar-refractivity contribution >= 4 is 5.91 Å². The number of methoxy groups -OCH3 is 2. The number of nitrogens with zero attached hydrogens (tertiary/aromatic N) is 1. The Morgan fingerprint density at radius 2 is 2.09 bits per heavy atom. The van der Waals surface area contributed by atoms with E-state index in [1.165, 1.54) is 0 Å². The lowest BCUT2D eigenvalue weighted by Crippen LogP contribution is -2.30. The number of aromatic nitrogens is 1. The number of amides is 1. The van der Waals surface area contributed by atoms with Crippen LogP contribution in [0.2, 0.25) is 0 Å². The Morgan fingerprint density at radius 1 is 1.30 bits per heavy atom. The van der Waals surface area contributed by atoms with Gasteiger partial charge in [-0.3, -0.25) is 4.79 Å². The molecule has 0 saturated carbocycles. The van der Waals surface area contributed by atoms with Gasteiger partial charge in [-0.2, -0.15) is 0 Å². The standard InChI is InChI=1S/C17H22N2O4/c1-11(2)19-16(20)7-8-17-18-10-15(23-17)13-6-5-12(21-3)9-14(13)22-4/h5-6,9-11H,7-8H2,1-4H3,(H,19,20). The van der Waals surface area contributed by atoms with Gasteiger partial charge >= 0.3 is 0 Å². The van der Waals surface area contributed by atoms with Gasteiger partial charge < -0.3 is 19.2 Å². The van der Waals surface area contributed by atoms with E-state index in [1.54, 1.807) is 26.5 Å². The van der Waals surface area contributed by atoms with E-state index in [-0.39, 0.29) is 11.9 Å². The zero-order valence-corrected chi connectivity index (χ0v) is 13.9. The Balaban J connectivity index is 2.08. The zero-order valence-electron chi connectivity index (χ0n) is 13.9. The maximum absolute atomic E-state index is 11.7. The van der Waals surface area contributed by atoms with Crippen molar-refractivity contribution in [1.82, 2.24) is 10.3 Å². The highest BCUT2D eigenvalue weighted by Crippen LogP contribution is 2.33. The lowest BCUT2D eigenvalue weighted by atomic mass is 10.1. The highest BCUT2D eigenvalue weighted by molar-refractivity contribution is 5.76. The molecule has 1 N–H and O–H groups in total. The Kier molecular flexibility index (Phi) is 5.62. The molecule has 6 heteroatoms. The van der Waals surface area contributed by atoms with E-state index in [2.05, 4.69) is 10.3 Å². The number of carbonyl (C=O) groups is 1. The van der Waals surface area contributed by atoms with Crippen molar-refractivity contribution in [2.75, 3.05) is 14.2 Å². The summed E-state index contributed by atoms with van der Waals surface area (Å²) in [6, 6.07) is 5.60. The Hall–Kier alpha value is -2.50. The van der Waals surface area contributed by atoms with Crippen LogP contribution in [-0.2, 0) is 11.2 Å². The lowest BCUT2D eigenvalue weighted by molar-refractivity contribution is -0.121. The third-order valence-electron chi connectivity index (χ3n) is 3.24. The SMILES string of the molecule is COc1ccc(-c2cnc(CCC(=O)NC(C)C)o2)c(OC)c1. The summed E-state index contributed by atoms with van der Waals surface area (Å²) in [5.74, 6) is 2.46. The minimum atomic E-state index is -0.0122. The number of rotatable bonds is 7. The molecule has 0 radical (unpaired) electrons. The molecule has 1 amide bonds. The molecule has 2 rings (SSSR count). The lowest BCUT2D eigenvalue weighted by Gasteiger charge is -2.08. The van der Waals surface area contributed by atoms with Gasteiger partial charge in [0.25, 0.3) is 0 Å². The number of ether oxygens (including phenoxy) is 2. The minimum Gasteiger partial charge on any atom is -0.497 e. The molecule has 124 valence electrons. The normalized spacial score (nSPS) is 10.7. The largest absolute Gasteiger partial charge is 0.497 e. The first-order chi connectivity index (χ1) is 11.0. The first-order valence-corrected chi connectivity index (χ1v) is 7.50. The highest BCUT2D eigenvalue weighted by Gasteiger charge is 2.13. The van der Waals surface area contributed by atoms with E-state index in [0.717, 1.165) is 5.56 Å². The summed E-state index contributed by atoms with van der Waals surface area (Å²) in [7, 11) is 3.19. The molecular formula is C17H22N2O4. The molecule has 2 aromatic rings. The van der Waals surface area contributed by atoms with E-state index in [0.29, 0.717) is 36.0 Å². The molecule has 6 nitrogen and oxygen atoms in total. The molecule has 0 bridgehead atoms. The van der Waals surface area contributed by atoms with E-state index in [4.69, 9.17) is 13.9 Å². The molecular weight excluding hydrogens is 296 g/mol. The maximum atomic E-state index is 11.7. The number of nitrogens with one attached hydrogen (secondary N) is 1. The summed E-state index contributed by atoms with van der Waals surface area (Å²) < 4.78 is 16.3. The van der Waals surface area contributed by atoms with Crippen LogP contribution in [0.25, 0.3) is 11.3 Å². The predicted molar refractivity (Wildman–Crippen MR) is 86.6 cm³/mol. The van der Waals surface area contributed by atoms with Crippen LogP contribution in [0.4, 0.5) is 0 Å². The van der Waals surface area contributed by atoms with E-state index in [1.807, 2.05) is 26.0 Å². The Bertz CT molecular complexity index is 664. The van der Waals surface area contributed by atoms with Gasteiger partial charge in [0.15, 0.2) is 11.7 Å². The van der Waals surface area contributed by atoms with Gasteiger partial charge in [0, 0.05) is 24.9 Å². The van der Waals surface area contributed by atoms with Crippen molar-refractivity contribution in [2.24, 2.45) is 0 Å². The van der Waals surface area contributed by atoms with Crippen LogP contribution >= 0.6 is 0 Å². The topological polar surface area (TPSA) is 73.6 Å². The van der Waals surface area contributed by atoms with Crippen molar-refractivity contribution in [3.05, 3.63) is 30.3 Å². The van der Waals surface area contributed by atoms with Crippen molar-refractivity contribution in [1.29, 1.82) is 0 Å².